The van der Waals surface area contributed by atoms with Gasteiger partial charge in [0.1, 0.15) is 5.75 Å². The molecular formula is C16H27NO2. The van der Waals surface area contributed by atoms with E-state index in [0.717, 1.165) is 31.7 Å². The SMILES string of the molecule is CCOc1ccc(CN(CCO)C(CC)CC)cc1. The van der Waals surface area contributed by atoms with Crippen LogP contribution in [0.3, 0.4) is 0 Å². The predicted molar refractivity (Wildman–Crippen MR) is 79.5 cm³/mol. The van der Waals surface area contributed by atoms with Gasteiger partial charge in [0.05, 0.1) is 13.2 Å². The molecule has 0 saturated carbocycles. The summed E-state index contributed by atoms with van der Waals surface area (Å²) in [6.45, 7) is 8.94. The second-order valence-corrected chi connectivity index (χ2v) is 4.74. The molecule has 1 N–H and O–H groups in total. The number of aliphatic hydroxyl groups excluding tert-OH is 1. The minimum Gasteiger partial charge on any atom is -0.494 e. The molecule has 3 heteroatoms. The van der Waals surface area contributed by atoms with E-state index in [1.54, 1.807) is 0 Å². The Hall–Kier alpha value is -1.06. The van der Waals surface area contributed by atoms with Crippen molar-refractivity contribution in [2.24, 2.45) is 0 Å². The molecule has 0 radical (unpaired) electrons. The molecular weight excluding hydrogens is 238 g/mol. The number of benzene rings is 1. The first-order valence-electron chi connectivity index (χ1n) is 7.31. The van der Waals surface area contributed by atoms with Crippen LogP contribution in [0.25, 0.3) is 0 Å². The van der Waals surface area contributed by atoms with Crippen molar-refractivity contribution in [1.82, 2.24) is 4.90 Å². The van der Waals surface area contributed by atoms with Gasteiger partial charge in [0.25, 0.3) is 0 Å². The summed E-state index contributed by atoms with van der Waals surface area (Å²) in [5.41, 5.74) is 1.27. The number of hydrogen-bond acceptors (Lipinski definition) is 3. The zero-order chi connectivity index (χ0) is 14.1. The van der Waals surface area contributed by atoms with Crippen LogP contribution in [0, 0.1) is 0 Å². The Bertz CT molecular complexity index is 333. The normalized spacial score (nSPS) is 11.3. The number of ether oxygens (including phenoxy) is 1. The van der Waals surface area contributed by atoms with E-state index in [1.165, 1.54) is 5.56 Å². The van der Waals surface area contributed by atoms with Crippen molar-refractivity contribution in [3.05, 3.63) is 29.8 Å². The number of hydrogen-bond donors (Lipinski definition) is 1. The highest BCUT2D eigenvalue weighted by molar-refractivity contribution is 5.27. The monoisotopic (exact) mass is 265 g/mol. The van der Waals surface area contributed by atoms with Crippen LogP contribution in [-0.2, 0) is 6.54 Å². The zero-order valence-electron chi connectivity index (χ0n) is 12.4. The van der Waals surface area contributed by atoms with Crippen LogP contribution in [0.5, 0.6) is 5.75 Å². The van der Waals surface area contributed by atoms with Gasteiger partial charge in [0.15, 0.2) is 0 Å². The minimum absolute atomic E-state index is 0.216. The molecule has 0 aromatic heterocycles. The second kappa shape index (κ2) is 8.94. The molecule has 0 unspecified atom stereocenters. The van der Waals surface area contributed by atoms with Gasteiger partial charge < -0.3 is 9.84 Å². The van der Waals surface area contributed by atoms with Gasteiger partial charge in [-0.3, -0.25) is 4.90 Å². The van der Waals surface area contributed by atoms with Gasteiger partial charge >= 0.3 is 0 Å². The summed E-state index contributed by atoms with van der Waals surface area (Å²) in [6.07, 6.45) is 2.24. The van der Waals surface area contributed by atoms with Crippen LogP contribution < -0.4 is 4.74 Å². The predicted octanol–water partition coefficient (Wildman–Crippen LogP) is 3.07. The Morgan fingerprint density at radius 2 is 1.74 bits per heavy atom. The average Bonchev–Trinajstić information content (AvgIpc) is 2.43. The molecule has 1 aromatic carbocycles. The van der Waals surface area contributed by atoms with Crippen molar-refractivity contribution < 1.29 is 9.84 Å². The highest BCUT2D eigenvalue weighted by atomic mass is 16.5. The highest BCUT2D eigenvalue weighted by Crippen LogP contribution is 2.16. The smallest absolute Gasteiger partial charge is 0.119 e. The van der Waals surface area contributed by atoms with Crippen molar-refractivity contribution in [2.45, 2.75) is 46.2 Å². The standard InChI is InChI=1S/C16H27NO2/c1-4-15(5-2)17(11-12-18)13-14-7-9-16(10-8-14)19-6-3/h7-10,15,18H,4-6,11-13H2,1-3H3. The average molecular weight is 265 g/mol. The molecule has 0 heterocycles. The lowest BCUT2D eigenvalue weighted by molar-refractivity contribution is 0.136. The van der Waals surface area contributed by atoms with E-state index in [0.29, 0.717) is 12.6 Å². The number of aliphatic hydroxyl groups is 1. The van der Waals surface area contributed by atoms with Gasteiger partial charge in [0.2, 0.25) is 0 Å². The van der Waals surface area contributed by atoms with Gasteiger partial charge in [-0.05, 0) is 37.5 Å². The molecule has 0 aliphatic heterocycles. The van der Waals surface area contributed by atoms with E-state index in [4.69, 9.17) is 4.74 Å². The molecule has 0 amide bonds. The Balaban J connectivity index is 2.67. The summed E-state index contributed by atoms with van der Waals surface area (Å²) in [5, 5.41) is 9.21. The fraction of sp³-hybridized carbons (Fsp3) is 0.625. The summed E-state index contributed by atoms with van der Waals surface area (Å²) in [5.74, 6) is 0.919. The van der Waals surface area contributed by atoms with Gasteiger partial charge in [-0.2, -0.15) is 0 Å². The summed E-state index contributed by atoms with van der Waals surface area (Å²) < 4.78 is 5.45. The van der Waals surface area contributed by atoms with Crippen LogP contribution in [-0.4, -0.2) is 35.8 Å². The third kappa shape index (κ3) is 5.21. The Labute approximate surface area is 117 Å². The van der Waals surface area contributed by atoms with E-state index >= 15 is 0 Å². The first kappa shape index (κ1) is 16.0. The van der Waals surface area contributed by atoms with Crippen molar-refractivity contribution in [3.63, 3.8) is 0 Å². The summed E-state index contributed by atoms with van der Waals surface area (Å²) in [6, 6.07) is 8.79. The van der Waals surface area contributed by atoms with Crippen LogP contribution in [0.4, 0.5) is 0 Å². The number of nitrogens with zero attached hydrogens (tertiary/aromatic N) is 1. The van der Waals surface area contributed by atoms with Gasteiger partial charge in [-0.1, -0.05) is 26.0 Å². The quantitative estimate of drug-likeness (QED) is 0.745. The molecule has 0 fully saturated rings. The Morgan fingerprint density at radius 3 is 2.21 bits per heavy atom. The van der Waals surface area contributed by atoms with E-state index in [9.17, 15) is 5.11 Å². The van der Waals surface area contributed by atoms with Crippen LogP contribution in [0.2, 0.25) is 0 Å². The van der Waals surface area contributed by atoms with Gasteiger partial charge in [-0.15, -0.1) is 0 Å². The van der Waals surface area contributed by atoms with Crippen LogP contribution in [0.15, 0.2) is 24.3 Å². The lowest BCUT2D eigenvalue weighted by atomic mass is 10.1. The third-order valence-corrected chi connectivity index (χ3v) is 3.47. The second-order valence-electron chi connectivity index (χ2n) is 4.74. The zero-order valence-corrected chi connectivity index (χ0v) is 12.4. The maximum atomic E-state index is 9.21. The lowest BCUT2D eigenvalue weighted by Crippen LogP contribution is -2.36. The molecule has 0 spiro atoms. The molecule has 108 valence electrons. The van der Waals surface area contributed by atoms with Crippen molar-refractivity contribution in [2.75, 3.05) is 19.8 Å². The molecule has 19 heavy (non-hydrogen) atoms. The Kier molecular flexibility index (Phi) is 7.53. The van der Waals surface area contributed by atoms with E-state index < -0.39 is 0 Å². The first-order chi connectivity index (χ1) is 9.24. The van der Waals surface area contributed by atoms with E-state index in [-0.39, 0.29) is 6.61 Å². The number of rotatable bonds is 9. The topological polar surface area (TPSA) is 32.7 Å². The van der Waals surface area contributed by atoms with Crippen molar-refractivity contribution in [3.8, 4) is 5.75 Å². The fourth-order valence-electron chi connectivity index (χ4n) is 2.42. The summed E-state index contributed by atoms with van der Waals surface area (Å²) >= 11 is 0. The molecule has 1 aromatic rings. The molecule has 0 saturated heterocycles. The van der Waals surface area contributed by atoms with Gasteiger partial charge in [0, 0.05) is 19.1 Å². The first-order valence-corrected chi connectivity index (χ1v) is 7.31. The minimum atomic E-state index is 0.216. The summed E-state index contributed by atoms with van der Waals surface area (Å²) in [4.78, 5) is 2.36. The Morgan fingerprint density at radius 1 is 1.11 bits per heavy atom. The molecule has 0 bridgehead atoms. The van der Waals surface area contributed by atoms with Crippen molar-refractivity contribution >= 4 is 0 Å². The molecule has 0 aliphatic carbocycles. The lowest BCUT2D eigenvalue weighted by Gasteiger charge is -2.29. The van der Waals surface area contributed by atoms with Gasteiger partial charge in [-0.25, -0.2) is 0 Å². The largest absolute Gasteiger partial charge is 0.494 e. The summed E-state index contributed by atoms with van der Waals surface area (Å²) in [7, 11) is 0. The van der Waals surface area contributed by atoms with Crippen LogP contribution >= 0.6 is 0 Å². The maximum absolute atomic E-state index is 9.21. The van der Waals surface area contributed by atoms with Crippen LogP contribution in [0.1, 0.15) is 39.2 Å². The van der Waals surface area contributed by atoms with E-state index in [1.807, 2.05) is 19.1 Å². The fourth-order valence-corrected chi connectivity index (χ4v) is 2.42. The van der Waals surface area contributed by atoms with E-state index in [2.05, 4.69) is 30.9 Å². The molecule has 1 rings (SSSR count). The molecule has 3 nitrogen and oxygen atoms in total. The van der Waals surface area contributed by atoms with Crippen molar-refractivity contribution in [1.29, 1.82) is 0 Å². The third-order valence-electron chi connectivity index (χ3n) is 3.47. The molecule has 0 atom stereocenters. The maximum Gasteiger partial charge on any atom is 0.119 e. The highest BCUT2D eigenvalue weighted by Gasteiger charge is 2.14. The molecule has 0 aliphatic rings.